The predicted octanol–water partition coefficient (Wildman–Crippen LogP) is -3.20. The number of hydrazine groups is 1. The molecule has 50 valence electrons. The highest BCUT2D eigenvalue weighted by atomic mass is 16.9. The van der Waals surface area contributed by atoms with Crippen LogP contribution in [0.4, 0.5) is 0 Å². The molecule has 0 aliphatic carbocycles. The molecular formula is CH9N5O2. The molecule has 0 unspecified atom stereocenters. The Morgan fingerprint density at radius 3 is 2.00 bits per heavy atom. The summed E-state index contributed by atoms with van der Waals surface area (Å²) >= 11 is 0. The average Bonchev–Trinajstić information content (AvgIpc) is 1.67. The summed E-state index contributed by atoms with van der Waals surface area (Å²) in [6.45, 7) is 0. The third kappa shape index (κ3) is 2.82. The Bertz CT molecular complexity index is 63.4. The highest BCUT2D eigenvalue weighted by Gasteiger charge is 2.18. The van der Waals surface area contributed by atoms with Gasteiger partial charge in [0.05, 0.1) is 0 Å². The lowest BCUT2D eigenvalue weighted by molar-refractivity contribution is -0.265. The second kappa shape index (κ2) is 2.89. The molecule has 0 aliphatic rings. The molecule has 0 heterocycles. The lowest BCUT2D eigenvalue weighted by Crippen LogP contribution is -2.59. The van der Waals surface area contributed by atoms with Crippen molar-refractivity contribution in [2.45, 2.75) is 6.03 Å². The van der Waals surface area contributed by atoms with Crippen LogP contribution in [0.2, 0.25) is 0 Å². The summed E-state index contributed by atoms with van der Waals surface area (Å²) in [6, 6.07) is -1.87. The largest absolute Gasteiger partial charge is 0.320 e. The van der Waals surface area contributed by atoms with E-state index in [1.165, 1.54) is 0 Å². The number of rotatable bonds is 3. The van der Waals surface area contributed by atoms with Gasteiger partial charge in [0, 0.05) is 0 Å². The van der Waals surface area contributed by atoms with E-state index in [9.17, 15) is 0 Å². The molecule has 0 saturated carbocycles. The third-order valence-electron chi connectivity index (χ3n) is 0.403. The van der Waals surface area contributed by atoms with E-state index >= 15 is 0 Å². The van der Waals surface area contributed by atoms with Crippen molar-refractivity contribution in [2.24, 2.45) is 23.2 Å². The first-order valence-corrected chi connectivity index (χ1v) is 1.71. The smallest absolute Gasteiger partial charge is 0.263 e. The molecular weight excluding hydrogens is 114 g/mol. The van der Waals surface area contributed by atoms with Crippen molar-refractivity contribution in [1.82, 2.24) is 5.59 Å². The zero-order valence-electron chi connectivity index (χ0n) is 4.13. The maximum absolute atomic E-state index is 4.89. The first-order chi connectivity index (χ1) is 3.62. The van der Waals surface area contributed by atoms with Crippen LogP contribution in [0, 0.1) is 0 Å². The van der Waals surface area contributed by atoms with Crippen molar-refractivity contribution in [3.8, 4) is 0 Å². The van der Waals surface area contributed by atoms with Gasteiger partial charge >= 0.3 is 6.03 Å². The van der Waals surface area contributed by atoms with Gasteiger partial charge in [-0.1, -0.05) is 0 Å². The first kappa shape index (κ1) is 7.72. The van der Waals surface area contributed by atoms with E-state index in [1.807, 2.05) is 0 Å². The van der Waals surface area contributed by atoms with Gasteiger partial charge in [-0.2, -0.15) is 0 Å². The van der Waals surface area contributed by atoms with E-state index in [0.717, 1.165) is 0 Å². The Balaban J connectivity index is 3.37. The van der Waals surface area contributed by atoms with E-state index in [0.29, 0.717) is 0 Å². The maximum Gasteiger partial charge on any atom is 0.320 e. The molecule has 8 heavy (non-hydrogen) atoms. The summed E-state index contributed by atoms with van der Waals surface area (Å²) in [7, 11) is 0. The summed E-state index contributed by atoms with van der Waals surface area (Å²) in [5.41, 5.74) is 11.5. The molecule has 9 N–H and O–H groups in total. The minimum Gasteiger partial charge on any atom is -0.263 e. The number of hydrogen-bond acceptors (Lipinski definition) is 7. The highest BCUT2D eigenvalue weighted by Crippen LogP contribution is 1.84. The first-order valence-electron chi connectivity index (χ1n) is 1.71. The molecule has 0 aromatic rings. The van der Waals surface area contributed by atoms with Crippen molar-refractivity contribution in [3.05, 3.63) is 0 Å². The Labute approximate surface area is 45.8 Å². The van der Waals surface area contributed by atoms with E-state index in [1.54, 1.807) is 5.59 Å². The third-order valence-corrected chi connectivity index (χ3v) is 0.403. The van der Waals surface area contributed by atoms with Crippen molar-refractivity contribution < 1.29 is 9.68 Å². The molecule has 0 aliphatic heterocycles. The summed E-state index contributed by atoms with van der Waals surface area (Å²) < 4.78 is 0. The average molecular weight is 123 g/mol. The van der Waals surface area contributed by atoms with Crippen molar-refractivity contribution >= 4 is 0 Å². The summed E-state index contributed by atoms with van der Waals surface area (Å²) in [6.07, 6.45) is 0. The molecule has 0 fully saturated rings. The van der Waals surface area contributed by atoms with Gasteiger partial charge in [0.1, 0.15) is 0 Å². The molecule has 0 bridgehead atoms. The lowest BCUT2D eigenvalue weighted by Gasteiger charge is -2.18. The molecule has 0 rings (SSSR count). The molecule has 0 saturated heterocycles. The second-order valence-corrected chi connectivity index (χ2v) is 1.06. The van der Waals surface area contributed by atoms with Crippen LogP contribution in [0.3, 0.4) is 0 Å². The van der Waals surface area contributed by atoms with Crippen molar-refractivity contribution in [1.29, 1.82) is 0 Å². The van der Waals surface area contributed by atoms with Gasteiger partial charge in [-0.25, -0.2) is 21.4 Å². The second-order valence-electron chi connectivity index (χ2n) is 1.06. The normalized spacial score (nSPS) is 12.0. The van der Waals surface area contributed by atoms with Crippen LogP contribution < -0.4 is 28.8 Å². The van der Waals surface area contributed by atoms with Gasteiger partial charge in [0.25, 0.3) is 0 Å². The molecule has 0 amide bonds. The highest BCUT2D eigenvalue weighted by molar-refractivity contribution is 4.39. The van der Waals surface area contributed by atoms with E-state index < -0.39 is 6.03 Å². The minimum atomic E-state index is -1.87. The Morgan fingerprint density at radius 1 is 1.38 bits per heavy atom. The van der Waals surface area contributed by atoms with E-state index in [-0.39, 0.29) is 0 Å². The molecule has 0 aromatic heterocycles. The molecule has 7 nitrogen and oxygen atoms in total. The zero-order chi connectivity index (χ0) is 6.62. The van der Waals surface area contributed by atoms with Gasteiger partial charge in [-0.3, -0.25) is 11.5 Å². The fourth-order valence-electron chi connectivity index (χ4n) is 0.116. The zero-order valence-corrected chi connectivity index (χ0v) is 4.13. The van der Waals surface area contributed by atoms with Gasteiger partial charge in [0.15, 0.2) is 0 Å². The molecule has 7 heteroatoms. The van der Waals surface area contributed by atoms with E-state index in [2.05, 4.69) is 21.4 Å². The molecule has 0 atom stereocenters. The number of nitrogens with two attached hydrogens (primary N) is 4. The van der Waals surface area contributed by atoms with Gasteiger partial charge in [0.2, 0.25) is 0 Å². The van der Waals surface area contributed by atoms with Crippen molar-refractivity contribution in [2.75, 3.05) is 0 Å². The minimum absolute atomic E-state index is 1.70. The van der Waals surface area contributed by atoms with Crippen LogP contribution in [-0.4, -0.2) is 6.03 Å². The van der Waals surface area contributed by atoms with Gasteiger partial charge < -0.3 is 0 Å². The van der Waals surface area contributed by atoms with Crippen LogP contribution in [0.5, 0.6) is 0 Å². The van der Waals surface area contributed by atoms with Gasteiger partial charge in [-0.15, -0.1) is 5.59 Å². The molecule has 0 radical (unpaired) electrons. The fraction of sp³-hybridized carbons (Fsp3) is 1.00. The summed E-state index contributed by atoms with van der Waals surface area (Å²) in [5, 5.41) is 0. The maximum atomic E-state index is 4.89. The van der Waals surface area contributed by atoms with Crippen LogP contribution in [0.15, 0.2) is 0 Å². The number of hydrogen-bond donors (Lipinski definition) is 5. The van der Waals surface area contributed by atoms with Crippen LogP contribution in [0.25, 0.3) is 0 Å². The molecule has 0 aromatic carbocycles. The summed E-state index contributed by atoms with van der Waals surface area (Å²) in [5.74, 6) is 9.14. The lowest BCUT2D eigenvalue weighted by atomic mass is 10.9. The van der Waals surface area contributed by atoms with Crippen LogP contribution >= 0.6 is 0 Å². The van der Waals surface area contributed by atoms with Gasteiger partial charge in [-0.05, 0) is 0 Å². The van der Waals surface area contributed by atoms with Crippen LogP contribution in [-0.2, 0) is 9.68 Å². The standard InChI is InChI=1S/CH9N5O2/c2-1(3,7-5)8-6-4/h6H,2-5H2. The van der Waals surface area contributed by atoms with E-state index in [4.69, 9.17) is 11.5 Å². The molecule has 0 spiro atoms. The topological polar surface area (TPSA) is 135 Å². The Hall–Kier alpha value is -0.280. The predicted molar refractivity (Wildman–Crippen MR) is 24.8 cm³/mol. The summed E-state index contributed by atoms with van der Waals surface area (Å²) in [4.78, 5) is 7.98. The quantitative estimate of drug-likeness (QED) is 0.151. The monoisotopic (exact) mass is 123 g/mol. The Kier molecular flexibility index (Phi) is 2.79. The van der Waals surface area contributed by atoms with Crippen molar-refractivity contribution in [3.63, 3.8) is 0 Å². The SMILES string of the molecule is NNOC(N)(N)ON. The van der Waals surface area contributed by atoms with Crippen LogP contribution in [0.1, 0.15) is 0 Å². The fourth-order valence-corrected chi connectivity index (χ4v) is 0.116. The Morgan fingerprint density at radius 2 is 1.88 bits per heavy atom. The number of nitrogens with one attached hydrogen (secondary N) is 1.